The summed E-state index contributed by atoms with van der Waals surface area (Å²) in [4.78, 5) is 40.1. The van der Waals surface area contributed by atoms with Crippen molar-refractivity contribution in [1.29, 1.82) is 0 Å². The molecule has 0 aliphatic rings. The highest BCUT2D eigenvalue weighted by molar-refractivity contribution is 6.04. The van der Waals surface area contributed by atoms with Gasteiger partial charge in [0.2, 0.25) is 5.91 Å². The number of rotatable bonds is 11. The number of nitrogens with one attached hydrogen (secondary N) is 2. The Bertz CT molecular complexity index is 1730. The lowest BCUT2D eigenvalue weighted by atomic mass is 10.1. The Morgan fingerprint density at radius 3 is 2.10 bits per heavy atom. The molecule has 0 aliphatic carbocycles. The first-order valence-corrected chi connectivity index (χ1v) is 14.0. The van der Waals surface area contributed by atoms with E-state index in [2.05, 4.69) is 10.6 Å². The predicted octanol–water partition coefficient (Wildman–Crippen LogP) is 5.60. The Morgan fingerprint density at radius 2 is 1.43 bits per heavy atom. The highest BCUT2D eigenvalue weighted by Crippen LogP contribution is 2.25. The summed E-state index contributed by atoms with van der Waals surface area (Å²) in [5.74, 6) is 0.114. The summed E-state index contributed by atoms with van der Waals surface area (Å²) in [7, 11) is 1.60. The first kappa shape index (κ1) is 28.4. The molecule has 0 unspecified atom stereocenters. The molecule has 7 heteroatoms. The number of aryl methyl sites for hydroxylation is 1. The van der Waals surface area contributed by atoms with Crippen LogP contribution in [0, 0.1) is 0 Å². The van der Waals surface area contributed by atoms with Gasteiger partial charge in [0.05, 0.1) is 24.9 Å². The molecule has 1 aromatic heterocycles. The zero-order valence-electron chi connectivity index (χ0n) is 23.5. The quantitative estimate of drug-likeness (QED) is 0.220. The van der Waals surface area contributed by atoms with Crippen LogP contribution in [-0.4, -0.2) is 30.0 Å². The highest BCUT2D eigenvalue weighted by atomic mass is 16.5. The van der Waals surface area contributed by atoms with Gasteiger partial charge in [0.15, 0.2) is 0 Å². The lowest BCUT2D eigenvalue weighted by molar-refractivity contribution is -0.116. The number of hydrogen-bond donors (Lipinski definition) is 2. The molecule has 0 saturated heterocycles. The number of carbonyl (C=O) groups is 2. The minimum atomic E-state index is -0.452. The third-order valence-electron chi connectivity index (χ3n) is 7.18. The molecule has 7 nitrogen and oxygen atoms in total. The molecule has 4 aromatic carbocycles. The van der Waals surface area contributed by atoms with E-state index < -0.39 is 11.5 Å². The van der Waals surface area contributed by atoms with Gasteiger partial charge < -0.3 is 19.9 Å². The predicted molar refractivity (Wildman–Crippen MR) is 166 cm³/mol. The summed E-state index contributed by atoms with van der Waals surface area (Å²) in [6, 6.07) is 34.1. The van der Waals surface area contributed by atoms with Crippen LogP contribution in [0.15, 0.2) is 114 Å². The van der Waals surface area contributed by atoms with E-state index in [1.807, 2.05) is 91.0 Å². The maximum atomic E-state index is 13.8. The highest BCUT2D eigenvalue weighted by Gasteiger charge is 2.18. The second-order valence-corrected chi connectivity index (χ2v) is 10.1. The molecule has 0 atom stereocenters. The lowest BCUT2D eigenvalue weighted by Crippen LogP contribution is -2.34. The molecule has 0 fully saturated rings. The van der Waals surface area contributed by atoms with Crippen LogP contribution in [0.25, 0.3) is 10.9 Å². The summed E-state index contributed by atoms with van der Waals surface area (Å²) in [6.45, 7) is 0.631. The van der Waals surface area contributed by atoms with Crippen LogP contribution < -0.4 is 20.9 Å². The second kappa shape index (κ2) is 13.5. The summed E-state index contributed by atoms with van der Waals surface area (Å²) in [5.41, 5.74) is 3.84. The molecule has 212 valence electrons. The summed E-state index contributed by atoms with van der Waals surface area (Å²) < 4.78 is 6.86. The maximum Gasteiger partial charge on any atom is 0.264 e. The fourth-order valence-electron chi connectivity index (χ4n) is 4.92. The van der Waals surface area contributed by atoms with Crippen LogP contribution in [0.4, 0.5) is 5.69 Å². The Balaban J connectivity index is 1.46. The number of nitrogens with zero attached hydrogens (tertiary/aromatic N) is 1. The average Bonchev–Trinajstić information content (AvgIpc) is 3.02. The number of carbonyl (C=O) groups excluding carboxylic acids is 2. The van der Waals surface area contributed by atoms with Gasteiger partial charge in [-0.15, -0.1) is 0 Å². The smallest absolute Gasteiger partial charge is 0.264 e. The van der Waals surface area contributed by atoms with Gasteiger partial charge in [-0.25, -0.2) is 0 Å². The van der Waals surface area contributed by atoms with Crippen molar-refractivity contribution < 1.29 is 14.3 Å². The molecule has 42 heavy (non-hydrogen) atoms. The molecule has 0 bridgehead atoms. The minimum absolute atomic E-state index is 0.0232. The van der Waals surface area contributed by atoms with Crippen LogP contribution >= 0.6 is 0 Å². The molecule has 5 aromatic rings. The van der Waals surface area contributed by atoms with Crippen LogP contribution in [0.5, 0.6) is 5.75 Å². The second-order valence-electron chi connectivity index (χ2n) is 10.1. The summed E-state index contributed by atoms with van der Waals surface area (Å²) in [5, 5.41) is 6.53. The molecule has 2 N–H and O–H groups in total. The van der Waals surface area contributed by atoms with Gasteiger partial charge >= 0.3 is 0 Å². The molecule has 2 amide bonds. The monoisotopic (exact) mass is 559 g/mol. The molecule has 1 heterocycles. The van der Waals surface area contributed by atoms with Crippen molar-refractivity contribution in [2.45, 2.75) is 25.8 Å². The van der Waals surface area contributed by atoms with E-state index in [0.717, 1.165) is 16.7 Å². The normalized spacial score (nSPS) is 10.8. The van der Waals surface area contributed by atoms with E-state index in [0.29, 0.717) is 48.1 Å². The zero-order valence-corrected chi connectivity index (χ0v) is 23.5. The SMILES string of the molecule is COc1ccc(Cn2c(=O)c(C(=O)NCCc3ccccc3)cc3c(NC(=O)CCc4ccccc4)cccc32)cc1. The zero-order chi connectivity index (χ0) is 29.3. The Kier molecular flexibility index (Phi) is 9.09. The summed E-state index contributed by atoms with van der Waals surface area (Å²) in [6.07, 6.45) is 1.55. The van der Waals surface area contributed by atoms with Gasteiger partial charge in [-0.2, -0.15) is 0 Å². The molecule has 5 rings (SSSR count). The van der Waals surface area contributed by atoms with Crippen LogP contribution in [0.3, 0.4) is 0 Å². The van der Waals surface area contributed by atoms with Gasteiger partial charge in [0.25, 0.3) is 11.5 Å². The van der Waals surface area contributed by atoms with Gasteiger partial charge in [0.1, 0.15) is 11.3 Å². The topological polar surface area (TPSA) is 89.4 Å². The van der Waals surface area contributed by atoms with Crippen LogP contribution in [0.2, 0.25) is 0 Å². The molecule has 0 spiro atoms. The molecule has 0 saturated carbocycles. The first-order valence-electron chi connectivity index (χ1n) is 14.0. The van der Waals surface area contributed by atoms with Gasteiger partial charge in [-0.1, -0.05) is 78.9 Å². The van der Waals surface area contributed by atoms with Crippen molar-refractivity contribution in [1.82, 2.24) is 9.88 Å². The Hall–Kier alpha value is -5.17. The van der Waals surface area contributed by atoms with Crippen molar-refractivity contribution in [3.63, 3.8) is 0 Å². The minimum Gasteiger partial charge on any atom is -0.497 e. The standard InChI is InChI=1S/C35H33N3O4/c1-42-28-18-15-27(16-19-28)24-38-32-14-8-13-31(37-33(39)20-17-25-9-4-2-5-10-25)29(32)23-30(35(38)41)34(40)36-22-21-26-11-6-3-7-12-26/h2-16,18-19,23H,17,20-22,24H2,1H3,(H,36,40)(H,37,39). The number of anilines is 1. The number of fused-ring (bicyclic) bond motifs is 1. The van der Waals surface area contributed by atoms with E-state index in [-0.39, 0.29) is 18.0 Å². The number of ether oxygens (including phenoxy) is 1. The third-order valence-corrected chi connectivity index (χ3v) is 7.18. The number of methoxy groups -OCH3 is 1. The van der Waals surface area contributed by atoms with E-state index in [4.69, 9.17) is 4.74 Å². The number of hydrogen-bond acceptors (Lipinski definition) is 4. The van der Waals surface area contributed by atoms with Gasteiger partial charge in [0, 0.05) is 18.4 Å². The molecule has 0 aliphatic heterocycles. The third kappa shape index (κ3) is 6.93. The van der Waals surface area contributed by atoms with Crippen molar-refractivity contribution in [2.24, 2.45) is 0 Å². The average molecular weight is 560 g/mol. The fourth-order valence-corrected chi connectivity index (χ4v) is 4.92. The molecule has 0 radical (unpaired) electrons. The van der Waals surface area contributed by atoms with Gasteiger partial charge in [-0.3, -0.25) is 14.4 Å². The largest absolute Gasteiger partial charge is 0.497 e. The van der Waals surface area contributed by atoms with Crippen molar-refractivity contribution in [3.8, 4) is 5.75 Å². The number of amides is 2. The summed E-state index contributed by atoms with van der Waals surface area (Å²) >= 11 is 0. The van der Waals surface area contributed by atoms with E-state index >= 15 is 0 Å². The molecular formula is C35H33N3O4. The molecular weight excluding hydrogens is 526 g/mol. The number of aromatic nitrogens is 1. The first-order chi connectivity index (χ1) is 20.5. The fraction of sp³-hybridized carbons (Fsp3) is 0.171. The van der Waals surface area contributed by atoms with Crippen molar-refractivity contribution >= 4 is 28.4 Å². The van der Waals surface area contributed by atoms with Gasteiger partial charge in [-0.05, 0) is 59.9 Å². The number of pyridine rings is 1. The van der Waals surface area contributed by atoms with E-state index in [1.54, 1.807) is 29.9 Å². The van der Waals surface area contributed by atoms with E-state index in [9.17, 15) is 14.4 Å². The van der Waals surface area contributed by atoms with Crippen molar-refractivity contribution in [3.05, 3.63) is 142 Å². The lowest BCUT2D eigenvalue weighted by Gasteiger charge is -2.16. The van der Waals surface area contributed by atoms with Crippen LogP contribution in [-0.2, 0) is 24.2 Å². The number of benzene rings is 4. The van der Waals surface area contributed by atoms with Crippen LogP contribution in [0.1, 0.15) is 33.5 Å². The Morgan fingerprint density at radius 1 is 0.762 bits per heavy atom. The van der Waals surface area contributed by atoms with Crippen molar-refractivity contribution in [2.75, 3.05) is 19.0 Å². The Labute approximate surface area is 244 Å². The van der Waals surface area contributed by atoms with E-state index in [1.165, 1.54) is 0 Å². The maximum absolute atomic E-state index is 13.8.